The zero-order chi connectivity index (χ0) is 10.7. The van der Waals surface area contributed by atoms with Crippen LogP contribution in [0.15, 0.2) is 18.2 Å². The Morgan fingerprint density at radius 1 is 1.21 bits per heavy atom. The molecule has 0 saturated heterocycles. The highest BCUT2D eigenvalue weighted by Crippen LogP contribution is 2.20. The minimum Gasteiger partial charge on any atom is -0.387 e. The number of hydrogen-bond acceptors (Lipinski definition) is 2. The van der Waals surface area contributed by atoms with E-state index in [2.05, 4.69) is 6.07 Å². The second-order valence-corrected chi connectivity index (χ2v) is 3.94. The third kappa shape index (κ3) is 2.56. The van der Waals surface area contributed by atoms with E-state index in [-0.39, 0.29) is 6.04 Å². The fourth-order valence-electron chi connectivity index (χ4n) is 1.65. The summed E-state index contributed by atoms with van der Waals surface area (Å²) >= 11 is 0. The van der Waals surface area contributed by atoms with Crippen LogP contribution < -0.4 is 5.73 Å². The molecule has 1 rings (SSSR count). The van der Waals surface area contributed by atoms with Crippen molar-refractivity contribution in [3.8, 4) is 0 Å². The van der Waals surface area contributed by atoms with Crippen molar-refractivity contribution in [3.05, 3.63) is 34.9 Å². The molecule has 0 saturated carbocycles. The Balaban J connectivity index is 2.94. The Morgan fingerprint density at radius 2 is 1.71 bits per heavy atom. The van der Waals surface area contributed by atoms with Crippen molar-refractivity contribution in [3.63, 3.8) is 0 Å². The summed E-state index contributed by atoms with van der Waals surface area (Å²) in [6, 6.07) is 5.91. The van der Waals surface area contributed by atoms with E-state index in [1.807, 2.05) is 32.9 Å². The largest absolute Gasteiger partial charge is 0.387 e. The van der Waals surface area contributed by atoms with E-state index in [1.54, 1.807) is 0 Å². The summed E-state index contributed by atoms with van der Waals surface area (Å²) in [5, 5.41) is 9.91. The average molecular weight is 193 g/mol. The molecule has 0 unspecified atom stereocenters. The number of nitrogens with two attached hydrogens (primary N) is 1. The van der Waals surface area contributed by atoms with Gasteiger partial charge in [-0.25, -0.2) is 0 Å². The summed E-state index contributed by atoms with van der Waals surface area (Å²) in [6.45, 7) is 6.04. The molecule has 14 heavy (non-hydrogen) atoms. The molecule has 0 aliphatic carbocycles. The molecule has 0 amide bonds. The van der Waals surface area contributed by atoms with E-state index in [0.717, 1.165) is 12.0 Å². The third-order valence-corrected chi connectivity index (χ3v) is 2.46. The number of aliphatic hydroxyl groups is 1. The van der Waals surface area contributed by atoms with Crippen LogP contribution in [0, 0.1) is 13.8 Å². The summed E-state index contributed by atoms with van der Waals surface area (Å²) in [6.07, 6.45) is 0.243. The summed E-state index contributed by atoms with van der Waals surface area (Å²) in [7, 11) is 0. The van der Waals surface area contributed by atoms with Gasteiger partial charge in [-0.3, -0.25) is 0 Å². The van der Waals surface area contributed by atoms with Crippen molar-refractivity contribution in [2.45, 2.75) is 39.3 Å². The van der Waals surface area contributed by atoms with Crippen LogP contribution in [0.25, 0.3) is 0 Å². The Morgan fingerprint density at radius 3 is 2.14 bits per heavy atom. The van der Waals surface area contributed by atoms with Gasteiger partial charge in [0, 0.05) is 6.04 Å². The average Bonchev–Trinajstić information content (AvgIpc) is 2.14. The van der Waals surface area contributed by atoms with Crippen LogP contribution in [-0.2, 0) is 0 Å². The monoisotopic (exact) mass is 193 g/mol. The molecule has 0 aliphatic heterocycles. The van der Waals surface area contributed by atoms with Gasteiger partial charge in [0.1, 0.15) is 0 Å². The standard InChI is InChI=1S/C12H19NO/c1-4-11(13)12(14)10-6-8(2)5-9(3)7-10/h5-7,11-12,14H,4,13H2,1-3H3/t11-,12+/m0/s1. The molecule has 0 spiro atoms. The van der Waals surface area contributed by atoms with Gasteiger partial charge in [0.15, 0.2) is 0 Å². The van der Waals surface area contributed by atoms with Crippen LogP contribution in [0.1, 0.15) is 36.1 Å². The number of rotatable bonds is 3. The maximum atomic E-state index is 9.91. The zero-order valence-corrected chi connectivity index (χ0v) is 9.12. The lowest BCUT2D eigenvalue weighted by molar-refractivity contribution is 0.144. The molecule has 2 atom stereocenters. The van der Waals surface area contributed by atoms with Crippen LogP contribution in [0.2, 0.25) is 0 Å². The van der Waals surface area contributed by atoms with E-state index in [0.29, 0.717) is 0 Å². The topological polar surface area (TPSA) is 46.2 Å². The first-order chi connectivity index (χ1) is 6.54. The fraction of sp³-hybridized carbons (Fsp3) is 0.500. The van der Waals surface area contributed by atoms with E-state index >= 15 is 0 Å². The maximum Gasteiger partial charge on any atom is 0.0940 e. The molecule has 1 aromatic carbocycles. The van der Waals surface area contributed by atoms with E-state index in [4.69, 9.17) is 5.73 Å². The van der Waals surface area contributed by atoms with Crippen molar-refractivity contribution >= 4 is 0 Å². The lowest BCUT2D eigenvalue weighted by Crippen LogP contribution is -2.27. The van der Waals surface area contributed by atoms with E-state index in [9.17, 15) is 5.11 Å². The number of aliphatic hydroxyl groups excluding tert-OH is 1. The van der Waals surface area contributed by atoms with Crippen LogP contribution in [-0.4, -0.2) is 11.1 Å². The van der Waals surface area contributed by atoms with Crippen molar-refractivity contribution in [1.82, 2.24) is 0 Å². The van der Waals surface area contributed by atoms with Gasteiger partial charge in [0.25, 0.3) is 0 Å². The van der Waals surface area contributed by atoms with Crippen LogP contribution in [0.4, 0.5) is 0 Å². The van der Waals surface area contributed by atoms with Crippen molar-refractivity contribution in [2.24, 2.45) is 5.73 Å². The number of hydrogen-bond donors (Lipinski definition) is 2. The Labute approximate surface area is 85.8 Å². The quantitative estimate of drug-likeness (QED) is 0.772. The van der Waals surface area contributed by atoms with Crippen LogP contribution in [0.3, 0.4) is 0 Å². The molecule has 2 heteroatoms. The first-order valence-electron chi connectivity index (χ1n) is 5.06. The first-order valence-corrected chi connectivity index (χ1v) is 5.06. The summed E-state index contributed by atoms with van der Waals surface area (Å²) in [5.74, 6) is 0. The van der Waals surface area contributed by atoms with Crippen molar-refractivity contribution in [2.75, 3.05) is 0 Å². The highest BCUT2D eigenvalue weighted by Gasteiger charge is 2.15. The third-order valence-electron chi connectivity index (χ3n) is 2.46. The normalized spacial score (nSPS) is 15.2. The van der Waals surface area contributed by atoms with Crippen molar-refractivity contribution in [1.29, 1.82) is 0 Å². The van der Waals surface area contributed by atoms with Gasteiger partial charge in [-0.1, -0.05) is 36.2 Å². The molecular weight excluding hydrogens is 174 g/mol. The Bertz CT molecular complexity index is 289. The zero-order valence-electron chi connectivity index (χ0n) is 9.12. The van der Waals surface area contributed by atoms with Gasteiger partial charge >= 0.3 is 0 Å². The molecule has 0 aliphatic rings. The molecule has 0 fully saturated rings. The molecule has 0 aromatic heterocycles. The predicted molar refractivity (Wildman–Crippen MR) is 59.1 cm³/mol. The molecule has 0 radical (unpaired) electrons. The summed E-state index contributed by atoms with van der Waals surface area (Å²) in [5.41, 5.74) is 9.06. The van der Waals surface area contributed by atoms with Crippen LogP contribution in [0.5, 0.6) is 0 Å². The lowest BCUT2D eigenvalue weighted by Gasteiger charge is -2.18. The van der Waals surface area contributed by atoms with Gasteiger partial charge in [0.2, 0.25) is 0 Å². The minimum atomic E-state index is -0.543. The van der Waals surface area contributed by atoms with Gasteiger partial charge < -0.3 is 10.8 Å². The second-order valence-electron chi connectivity index (χ2n) is 3.94. The first kappa shape index (κ1) is 11.2. The molecule has 78 valence electrons. The van der Waals surface area contributed by atoms with Crippen LogP contribution >= 0.6 is 0 Å². The van der Waals surface area contributed by atoms with Gasteiger partial charge in [0.05, 0.1) is 6.10 Å². The Hall–Kier alpha value is -0.860. The van der Waals surface area contributed by atoms with E-state index < -0.39 is 6.10 Å². The lowest BCUT2D eigenvalue weighted by atomic mass is 9.98. The highest BCUT2D eigenvalue weighted by atomic mass is 16.3. The van der Waals surface area contributed by atoms with E-state index in [1.165, 1.54) is 11.1 Å². The molecule has 1 aromatic rings. The fourth-order valence-corrected chi connectivity index (χ4v) is 1.65. The maximum absolute atomic E-state index is 9.91. The molecule has 3 N–H and O–H groups in total. The smallest absolute Gasteiger partial charge is 0.0940 e. The molecule has 0 heterocycles. The van der Waals surface area contributed by atoms with Gasteiger partial charge in [-0.05, 0) is 25.8 Å². The van der Waals surface area contributed by atoms with Gasteiger partial charge in [-0.2, -0.15) is 0 Å². The number of aryl methyl sites for hydroxylation is 2. The number of benzene rings is 1. The molecule has 0 bridgehead atoms. The molecular formula is C12H19NO. The summed E-state index contributed by atoms with van der Waals surface area (Å²) in [4.78, 5) is 0. The summed E-state index contributed by atoms with van der Waals surface area (Å²) < 4.78 is 0. The molecule has 2 nitrogen and oxygen atoms in total. The second kappa shape index (κ2) is 4.58. The highest BCUT2D eigenvalue weighted by molar-refractivity contribution is 5.30. The minimum absolute atomic E-state index is 0.170. The SMILES string of the molecule is CC[C@H](N)[C@H](O)c1cc(C)cc(C)c1. The van der Waals surface area contributed by atoms with Crippen molar-refractivity contribution < 1.29 is 5.11 Å². The van der Waals surface area contributed by atoms with Gasteiger partial charge in [-0.15, -0.1) is 0 Å². The Kier molecular flexibility index (Phi) is 3.67. The predicted octanol–water partition coefficient (Wildman–Crippen LogP) is 2.07.